The normalized spacial score (nSPS) is 28.0. The van der Waals surface area contributed by atoms with E-state index in [9.17, 15) is 20.4 Å². The average Bonchev–Trinajstić information content (AvgIpc) is 2.69. The summed E-state index contributed by atoms with van der Waals surface area (Å²) in [5.41, 5.74) is 2.09. The van der Waals surface area contributed by atoms with Crippen molar-refractivity contribution in [3.63, 3.8) is 0 Å². The number of methoxy groups -OCH3 is 1. The molecular formula is C20H24O7. The van der Waals surface area contributed by atoms with Gasteiger partial charge in [0, 0.05) is 0 Å². The summed E-state index contributed by atoms with van der Waals surface area (Å²) < 4.78 is 16.2. The number of benzene rings is 2. The van der Waals surface area contributed by atoms with E-state index in [1.807, 2.05) is 42.5 Å². The summed E-state index contributed by atoms with van der Waals surface area (Å²) in [6.45, 7) is -0.498. The largest absolute Gasteiger partial charge is 0.497 e. The molecular weight excluding hydrogens is 352 g/mol. The van der Waals surface area contributed by atoms with Gasteiger partial charge in [0.2, 0.25) is 6.29 Å². The fraction of sp³-hybridized carbons (Fsp3) is 0.400. The van der Waals surface area contributed by atoms with E-state index in [1.165, 1.54) is 0 Å². The van der Waals surface area contributed by atoms with Gasteiger partial charge in [0.05, 0.1) is 13.7 Å². The first-order valence-corrected chi connectivity index (χ1v) is 8.71. The van der Waals surface area contributed by atoms with Crippen molar-refractivity contribution in [3.05, 3.63) is 59.7 Å². The highest BCUT2D eigenvalue weighted by molar-refractivity contribution is 5.35. The van der Waals surface area contributed by atoms with Gasteiger partial charge in [-0.1, -0.05) is 24.3 Å². The van der Waals surface area contributed by atoms with Crippen molar-refractivity contribution in [1.29, 1.82) is 0 Å². The van der Waals surface area contributed by atoms with Gasteiger partial charge < -0.3 is 34.6 Å². The van der Waals surface area contributed by atoms with Crippen LogP contribution in [0, 0.1) is 0 Å². The highest BCUT2D eigenvalue weighted by atomic mass is 16.7. The molecule has 7 nitrogen and oxygen atoms in total. The quantitative estimate of drug-likeness (QED) is 0.580. The van der Waals surface area contributed by atoms with Gasteiger partial charge in [-0.2, -0.15) is 0 Å². The maximum absolute atomic E-state index is 10.1. The van der Waals surface area contributed by atoms with Crippen molar-refractivity contribution in [1.82, 2.24) is 0 Å². The van der Waals surface area contributed by atoms with Crippen molar-refractivity contribution < 1.29 is 34.6 Å². The second kappa shape index (κ2) is 8.69. The van der Waals surface area contributed by atoms with Crippen LogP contribution >= 0.6 is 0 Å². The van der Waals surface area contributed by atoms with Crippen molar-refractivity contribution in [2.24, 2.45) is 0 Å². The molecule has 7 heteroatoms. The van der Waals surface area contributed by atoms with Crippen molar-refractivity contribution in [2.75, 3.05) is 13.7 Å². The van der Waals surface area contributed by atoms with Crippen LogP contribution in [0.1, 0.15) is 11.1 Å². The molecule has 1 saturated heterocycles. The van der Waals surface area contributed by atoms with Crippen LogP contribution in [0.2, 0.25) is 0 Å². The van der Waals surface area contributed by atoms with Crippen molar-refractivity contribution in [3.8, 4) is 11.5 Å². The summed E-state index contributed by atoms with van der Waals surface area (Å²) >= 11 is 0. The van der Waals surface area contributed by atoms with E-state index in [1.54, 1.807) is 13.2 Å². The van der Waals surface area contributed by atoms with E-state index >= 15 is 0 Å². The zero-order valence-corrected chi connectivity index (χ0v) is 14.9. The lowest BCUT2D eigenvalue weighted by Gasteiger charge is -2.39. The lowest BCUT2D eigenvalue weighted by Crippen LogP contribution is -2.60. The number of hydrogen-bond acceptors (Lipinski definition) is 7. The summed E-state index contributed by atoms with van der Waals surface area (Å²) in [6.07, 6.45) is -5.84. The van der Waals surface area contributed by atoms with E-state index in [0.29, 0.717) is 12.2 Å². The van der Waals surface area contributed by atoms with Gasteiger partial charge in [-0.3, -0.25) is 0 Å². The van der Waals surface area contributed by atoms with Gasteiger partial charge in [-0.15, -0.1) is 0 Å². The van der Waals surface area contributed by atoms with Crippen LogP contribution in [-0.2, 0) is 11.2 Å². The molecule has 4 N–H and O–H groups in total. The van der Waals surface area contributed by atoms with Crippen LogP contribution < -0.4 is 9.47 Å². The minimum absolute atomic E-state index is 0.449. The Kier molecular flexibility index (Phi) is 6.30. The molecule has 3 rings (SSSR count). The number of rotatable bonds is 6. The molecule has 0 radical (unpaired) electrons. The van der Waals surface area contributed by atoms with Crippen LogP contribution in [0.15, 0.2) is 48.5 Å². The van der Waals surface area contributed by atoms with E-state index < -0.39 is 37.3 Å². The van der Waals surface area contributed by atoms with Crippen molar-refractivity contribution in [2.45, 2.75) is 37.1 Å². The predicted molar refractivity (Wildman–Crippen MR) is 96.6 cm³/mol. The Balaban J connectivity index is 1.69. The number of ether oxygens (including phenoxy) is 3. The minimum Gasteiger partial charge on any atom is -0.497 e. The molecule has 0 amide bonds. The minimum atomic E-state index is -1.47. The number of aliphatic hydroxyl groups is 4. The number of aliphatic hydroxyl groups excluding tert-OH is 4. The highest BCUT2D eigenvalue weighted by Crippen LogP contribution is 2.25. The lowest BCUT2D eigenvalue weighted by atomic mass is 9.99. The molecule has 27 heavy (non-hydrogen) atoms. The summed E-state index contributed by atoms with van der Waals surface area (Å²) in [7, 11) is 1.62. The lowest BCUT2D eigenvalue weighted by molar-refractivity contribution is -0.277. The second-order valence-corrected chi connectivity index (χ2v) is 6.49. The van der Waals surface area contributed by atoms with Gasteiger partial charge in [0.15, 0.2) is 0 Å². The van der Waals surface area contributed by atoms with E-state index in [2.05, 4.69) is 0 Å². The molecule has 2 aromatic carbocycles. The van der Waals surface area contributed by atoms with Gasteiger partial charge in [-0.05, 0) is 41.8 Å². The first-order chi connectivity index (χ1) is 13.0. The standard InChI is InChI=1S/C20H24O7/c1-25-14-7-5-12(6-8-14)9-13-3-2-4-15(10-13)26-20-19(24)18(23)17(22)16(11-21)27-20/h2-8,10,16-24H,9,11H2,1H3/t16-,17-,18+,19-,20-/m1/s1. The maximum Gasteiger partial charge on any atom is 0.229 e. The highest BCUT2D eigenvalue weighted by Gasteiger charge is 2.44. The predicted octanol–water partition coefficient (Wildman–Crippen LogP) is 0.465. The van der Waals surface area contributed by atoms with E-state index in [0.717, 1.165) is 16.9 Å². The molecule has 0 aromatic heterocycles. The Labute approximate surface area is 157 Å². The van der Waals surface area contributed by atoms with Gasteiger partial charge in [-0.25, -0.2) is 0 Å². The second-order valence-electron chi connectivity index (χ2n) is 6.49. The van der Waals surface area contributed by atoms with E-state index in [-0.39, 0.29) is 0 Å². The summed E-state index contributed by atoms with van der Waals surface area (Å²) in [5, 5.41) is 39.0. The maximum atomic E-state index is 10.1. The first kappa shape index (κ1) is 19.6. The molecule has 1 fully saturated rings. The smallest absolute Gasteiger partial charge is 0.229 e. The molecule has 0 aliphatic carbocycles. The van der Waals surface area contributed by atoms with Crippen molar-refractivity contribution >= 4 is 0 Å². The third kappa shape index (κ3) is 4.58. The molecule has 0 spiro atoms. The fourth-order valence-electron chi connectivity index (χ4n) is 3.01. The molecule has 1 aliphatic heterocycles. The monoisotopic (exact) mass is 376 g/mol. The zero-order valence-electron chi connectivity index (χ0n) is 14.9. The molecule has 0 saturated carbocycles. The third-order valence-electron chi connectivity index (χ3n) is 4.57. The van der Waals surface area contributed by atoms with Gasteiger partial charge in [0.25, 0.3) is 0 Å². The average molecular weight is 376 g/mol. The molecule has 0 bridgehead atoms. The first-order valence-electron chi connectivity index (χ1n) is 8.71. The molecule has 2 aromatic rings. The topological polar surface area (TPSA) is 109 Å². The Morgan fingerprint density at radius 2 is 1.63 bits per heavy atom. The Morgan fingerprint density at radius 3 is 2.30 bits per heavy atom. The van der Waals surface area contributed by atoms with Crippen LogP contribution in [-0.4, -0.2) is 64.8 Å². The molecule has 0 unspecified atom stereocenters. The van der Waals surface area contributed by atoms with Crippen LogP contribution in [0.4, 0.5) is 0 Å². The Hall–Kier alpha value is -2.16. The SMILES string of the molecule is COc1ccc(Cc2cccc(O[C@@H]3O[C@H](CO)[C@@H](O)[C@H](O)[C@H]3O)c2)cc1. The summed E-state index contributed by atoms with van der Waals surface area (Å²) in [4.78, 5) is 0. The number of hydrogen-bond donors (Lipinski definition) is 4. The van der Waals surface area contributed by atoms with Crippen LogP contribution in [0.3, 0.4) is 0 Å². The Morgan fingerprint density at radius 1 is 0.889 bits per heavy atom. The molecule has 1 aliphatic rings. The third-order valence-corrected chi connectivity index (χ3v) is 4.57. The Bertz CT molecular complexity index is 731. The van der Waals surface area contributed by atoms with Gasteiger partial charge >= 0.3 is 0 Å². The summed E-state index contributed by atoms with van der Waals surface area (Å²) in [5.74, 6) is 1.24. The van der Waals surface area contributed by atoms with E-state index in [4.69, 9.17) is 14.2 Å². The molecule has 5 atom stereocenters. The molecule has 1 heterocycles. The zero-order chi connectivity index (χ0) is 19.4. The molecule has 146 valence electrons. The summed E-state index contributed by atoms with van der Waals surface area (Å²) in [6, 6.07) is 15.0. The fourth-order valence-corrected chi connectivity index (χ4v) is 3.01. The van der Waals surface area contributed by atoms with Crippen LogP contribution in [0.5, 0.6) is 11.5 Å². The van der Waals surface area contributed by atoms with Gasteiger partial charge in [0.1, 0.15) is 35.9 Å². The van der Waals surface area contributed by atoms with Crippen LogP contribution in [0.25, 0.3) is 0 Å².